The Balaban J connectivity index is 3.50. The summed E-state index contributed by atoms with van der Waals surface area (Å²) in [5.74, 6) is 0. The quantitative estimate of drug-likeness (QED) is 0.572. The molecule has 0 aliphatic heterocycles. The summed E-state index contributed by atoms with van der Waals surface area (Å²) in [7, 11) is 0. The van der Waals surface area contributed by atoms with Gasteiger partial charge in [0.05, 0.1) is 6.10 Å². The van der Waals surface area contributed by atoms with Gasteiger partial charge in [-0.3, -0.25) is 0 Å². The second kappa shape index (κ2) is 4.33. The predicted molar refractivity (Wildman–Crippen MR) is 40.3 cm³/mol. The summed E-state index contributed by atoms with van der Waals surface area (Å²) in [5, 5.41) is 9.11. The van der Waals surface area contributed by atoms with E-state index in [2.05, 4.69) is 6.58 Å². The molecule has 52 valence electrons. The third-order valence-corrected chi connectivity index (χ3v) is 1.16. The number of hydrogen-bond acceptors (Lipinski definition) is 1. The van der Waals surface area contributed by atoms with E-state index in [-0.39, 0.29) is 6.10 Å². The van der Waals surface area contributed by atoms with E-state index in [1.807, 2.05) is 26.0 Å². The molecule has 0 aliphatic carbocycles. The summed E-state index contributed by atoms with van der Waals surface area (Å²) in [4.78, 5) is 0. The van der Waals surface area contributed by atoms with Crippen molar-refractivity contribution < 1.29 is 5.11 Å². The van der Waals surface area contributed by atoms with Crippen LogP contribution >= 0.6 is 0 Å². The van der Waals surface area contributed by atoms with Crippen molar-refractivity contribution in [1.29, 1.82) is 0 Å². The molecule has 0 bridgehead atoms. The highest BCUT2D eigenvalue weighted by atomic mass is 16.3. The molecule has 0 rings (SSSR count). The zero-order valence-electron chi connectivity index (χ0n) is 6.09. The number of hydrogen-bond donors (Lipinski definition) is 1. The van der Waals surface area contributed by atoms with Crippen molar-refractivity contribution >= 4 is 0 Å². The van der Waals surface area contributed by atoms with Crippen LogP contribution in [0.4, 0.5) is 0 Å². The van der Waals surface area contributed by atoms with Crippen LogP contribution in [0.3, 0.4) is 0 Å². The summed E-state index contributed by atoms with van der Waals surface area (Å²) in [5.41, 5.74) is 0.827. The number of aliphatic hydroxyl groups is 1. The fourth-order valence-electron chi connectivity index (χ4n) is 0.466. The summed E-state index contributed by atoms with van der Waals surface area (Å²) < 4.78 is 0. The Bertz CT molecular complexity index is 114. The molecule has 1 atom stereocenters. The molecule has 0 radical (unpaired) electrons. The molecule has 0 saturated heterocycles. The Labute approximate surface area is 56.7 Å². The summed E-state index contributed by atoms with van der Waals surface area (Å²) >= 11 is 0. The van der Waals surface area contributed by atoms with Crippen LogP contribution < -0.4 is 0 Å². The van der Waals surface area contributed by atoms with Gasteiger partial charge in [-0.2, -0.15) is 0 Å². The molecule has 1 nitrogen and oxygen atoms in total. The van der Waals surface area contributed by atoms with E-state index in [1.54, 1.807) is 0 Å². The Hall–Kier alpha value is -0.560. The molecule has 0 saturated carbocycles. The smallest absolute Gasteiger partial charge is 0.0779 e. The molecule has 0 amide bonds. The maximum atomic E-state index is 9.11. The van der Waals surface area contributed by atoms with Gasteiger partial charge in [0.2, 0.25) is 0 Å². The normalized spacial score (nSPS) is 14.1. The van der Waals surface area contributed by atoms with Crippen LogP contribution in [0.25, 0.3) is 0 Å². The van der Waals surface area contributed by atoms with Gasteiger partial charge in [-0.25, -0.2) is 0 Å². The number of aliphatic hydroxyl groups excluding tert-OH is 1. The maximum absolute atomic E-state index is 9.11. The first-order chi connectivity index (χ1) is 4.18. The van der Waals surface area contributed by atoms with Crippen molar-refractivity contribution in [3.8, 4) is 0 Å². The van der Waals surface area contributed by atoms with Crippen LogP contribution in [-0.2, 0) is 0 Å². The molecule has 0 aromatic rings. The maximum Gasteiger partial charge on any atom is 0.0779 e. The van der Waals surface area contributed by atoms with Crippen LogP contribution in [-0.4, -0.2) is 11.2 Å². The zero-order valence-corrected chi connectivity index (χ0v) is 6.09. The van der Waals surface area contributed by atoms with E-state index >= 15 is 0 Å². The van der Waals surface area contributed by atoms with E-state index in [0.717, 1.165) is 5.57 Å². The minimum Gasteiger partial charge on any atom is -0.388 e. The molecular weight excluding hydrogens is 112 g/mol. The van der Waals surface area contributed by atoms with Gasteiger partial charge in [0.25, 0.3) is 0 Å². The molecule has 1 N–H and O–H groups in total. The lowest BCUT2D eigenvalue weighted by Crippen LogP contribution is -2.04. The average molecular weight is 126 g/mol. The Morgan fingerprint density at radius 3 is 2.67 bits per heavy atom. The minimum atomic E-state index is -0.360. The molecule has 1 heteroatoms. The average Bonchev–Trinajstić information content (AvgIpc) is 1.82. The first-order valence-corrected chi connectivity index (χ1v) is 3.13. The summed E-state index contributed by atoms with van der Waals surface area (Å²) in [6.45, 7) is 7.39. The molecule has 0 heterocycles. The highest BCUT2D eigenvalue weighted by molar-refractivity contribution is 5.00. The van der Waals surface area contributed by atoms with Crippen molar-refractivity contribution in [2.75, 3.05) is 0 Å². The lowest BCUT2D eigenvalue weighted by molar-refractivity contribution is 0.215. The van der Waals surface area contributed by atoms with Crippen LogP contribution in [0.15, 0.2) is 24.3 Å². The minimum absolute atomic E-state index is 0.360. The van der Waals surface area contributed by atoms with Gasteiger partial charge in [-0.15, -0.1) is 0 Å². The van der Waals surface area contributed by atoms with Gasteiger partial charge >= 0.3 is 0 Å². The molecule has 9 heavy (non-hydrogen) atoms. The second-order valence-corrected chi connectivity index (χ2v) is 2.17. The van der Waals surface area contributed by atoms with Crippen molar-refractivity contribution in [2.24, 2.45) is 0 Å². The monoisotopic (exact) mass is 126 g/mol. The summed E-state index contributed by atoms with van der Waals surface area (Å²) in [6, 6.07) is 0. The van der Waals surface area contributed by atoms with Crippen LogP contribution in [0.2, 0.25) is 0 Å². The van der Waals surface area contributed by atoms with Crippen molar-refractivity contribution in [3.05, 3.63) is 24.3 Å². The van der Waals surface area contributed by atoms with E-state index < -0.39 is 0 Å². The molecule has 0 aromatic heterocycles. The topological polar surface area (TPSA) is 20.2 Å². The van der Waals surface area contributed by atoms with Crippen molar-refractivity contribution in [1.82, 2.24) is 0 Å². The largest absolute Gasteiger partial charge is 0.388 e. The zero-order chi connectivity index (χ0) is 7.28. The third kappa shape index (κ3) is 3.98. The van der Waals surface area contributed by atoms with Gasteiger partial charge in [-0.05, 0) is 20.3 Å². The molecular formula is C8H14O. The van der Waals surface area contributed by atoms with Gasteiger partial charge < -0.3 is 5.11 Å². The van der Waals surface area contributed by atoms with E-state index in [9.17, 15) is 0 Å². The lowest BCUT2D eigenvalue weighted by atomic mass is 10.1. The van der Waals surface area contributed by atoms with Crippen LogP contribution in [0.1, 0.15) is 20.3 Å². The standard InChI is InChI=1S/C8H14O/c1-4-5-6-8(9)7(2)3/h4-5,8-9H,2,6H2,1,3H3/b5-4-. The fourth-order valence-corrected chi connectivity index (χ4v) is 0.466. The molecule has 0 aliphatic rings. The highest BCUT2D eigenvalue weighted by Crippen LogP contribution is 2.02. The van der Waals surface area contributed by atoms with Crippen molar-refractivity contribution in [3.63, 3.8) is 0 Å². The number of rotatable bonds is 3. The summed E-state index contributed by atoms with van der Waals surface area (Å²) in [6.07, 6.45) is 4.18. The van der Waals surface area contributed by atoms with Gasteiger partial charge in [0.1, 0.15) is 0 Å². The van der Waals surface area contributed by atoms with Crippen LogP contribution in [0.5, 0.6) is 0 Å². The van der Waals surface area contributed by atoms with Gasteiger partial charge in [0.15, 0.2) is 0 Å². The third-order valence-electron chi connectivity index (χ3n) is 1.16. The van der Waals surface area contributed by atoms with Gasteiger partial charge in [0, 0.05) is 0 Å². The number of allylic oxidation sites excluding steroid dienone is 1. The first kappa shape index (κ1) is 8.44. The highest BCUT2D eigenvalue weighted by Gasteiger charge is 1.98. The van der Waals surface area contributed by atoms with E-state index in [0.29, 0.717) is 6.42 Å². The Kier molecular flexibility index (Phi) is 4.06. The van der Waals surface area contributed by atoms with E-state index in [1.165, 1.54) is 0 Å². The molecule has 1 unspecified atom stereocenters. The first-order valence-electron chi connectivity index (χ1n) is 3.13. The predicted octanol–water partition coefficient (Wildman–Crippen LogP) is 1.89. The second-order valence-electron chi connectivity index (χ2n) is 2.17. The Morgan fingerprint density at radius 2 is 2.33 bits per heavy atom. The van der Waals surface area contributed by atoms with Crippen LogP contribution in [0, 0.1) is 0 Å². The lowest BCUT2D eigenvalue weighted by Gasteiger charge is -2.04. The molecule has 0 fully saturated rings. The Morgan fingerprint density at radius 1 is 1.78 bits per heavy atom. The molecule has 0 aromatic carbocycles. The fraction of sp³-hybridized carbons (Fsp3) is 0.500. The molecule has 0 spiro atoms. The SMILES string of the molecule is C=C(C)C(O)C/C=C\C. The van der Waals surface area contributed by atoms with Crippen molar-refractivity contribution in [2.45, 2.75) is 26.4 Å². The van der Waals surface area contributed by atoms with Gasteiger partial charge in [-0.1, -0.05) is 24.3 Å². The van der Waals surface area contributed by atoms with E-state index in [4.69, 9.17) is 5.11 Å².